The number of aliphatic hydroxyl groups is 1. The van der Waals surface area contributed by atoms with Crippen molar-refractivity contribution in [1.29, 1.82) is 0 Å². The number of methoxy groups -OCH3 is 1. The third-order valence-corrected chi connectivity index (χ3v) is 2.72. The fourth-order valence-electron chi connectivity index (χ4n) is 2.02. The molecule has 96 valence electrons. The molecule has 3 nitrogen and oxygen atoms in total. The highest BCUT2D eigenvalue weighted by Gasteiger charge is 2.14. The summed E-state index contributed by atoms with van der Waals surface area (Å²) in [7, 11) is 1.71. The topological polar surface area (TPSA) is 41.5 Å². The van der Waals surface area contributed by atoms with E-state index in [1.165, 1.54) is 5.56 Å². The first kappa shape index (κ1) is 14.2. The molecule has 0 spiro atoms. The lowest BCUT2D eigenvalue weighted by molar-refractivity contribution is 0.142. The van der Waals surface area contributed by atoms with E-state index in [1.807, 2.05) is 25.1 Å². The van der Waals surface area contributed by atoms with Gasteiger partial charge in [0.25, 0.3) is 0 Å². The predicted octanol–water partition coefficient (Wildman–Crippen LogP) is 2.12. The molecule has 0 radical (unpaired) electrons. The van der Waals surface area contributed by atoms with E-state index in [-0.39, 0.29) is 18.2 Å². The monoisotopic (exact) mass is 237 g/mol. The van der Waals surface area contributed by atoms with Crippen molar-refractivity contribution in [3.05, 3.63) is 35.9 Å². The fourth-order valence-corrected chi connectivity index (χ4v) is 2.02. The first-order valence-corrected chi connectivity index (χ1v) is 6.11. The molecule has 0 aliphatic heterocycles. The Morgan fingerprint density at radius 1 is 1.24 bits per heavy atom. The Morgan fingerprint density at radius 3 is 2.41 bits per heavy atom. The Kier molecular flexibility index (Phi) is 6.19. The molecule has 3 unspecified atom stereocenters. The van der Waals surface area contributed by atoms with Crippen LogP contribution in [-0.2, 0) is 4.74 Å². The zero-order valence-electron chi connectivity index (χ0n) is 10.9. The van der Waals surface area contributed by atoms with Gasteiger partial charge in [-0.3, -0.25) is 0 Å². The van der Waals surface area contributed by atoms with Crippen LogP contribution in [0.25, 0.3) is 0 Å². The second kappa shape index (κ2) is 7.43. The molecule has 1 rings (SSSR count). The third kappa shape index (κ3) is 5.31. The molecule has 0 amide bonds. The Balaban J connectivity index is 2.60. The Labute approximate surface area is 104 Å². The van der Waals surface area contributed by atoms with Crippen molar-refractivity contribution in [1.82, 2.24) is 5.32 Å². The van der Waals surface area contributed by atoms with E-state index in [0.29, 0.717) is 6.61 Å². The van der Waals surface area contributed by atoms with Crippen LogP contribution in [0, 0.1) is 0 Å². The SMILES string of the molecule is COCC(NC(C)CC(C)O)c1ccccc1. The number of aliphatic hydroxyl groups excluding tert-OH is 1. The van der Waals surface area contributed by atoms with Crippen molar-refractivity contribution >= 4 is 0 Å². The molecule has 3 heteroatoms. The van der Waals surface area contributed by atoms with Crippen LogP contribution in [0.15, 0.2) is 30.3 Å². The van der Waals surface area contributed by atoms with Crippen molar-refractivity contribution in [2.75, 3.05) is 13.7 Å². The minimum absolute atomic E-state index is 0.176. The minimum atomic E-state index is -0.281. The highest BCUT2D eigenvalue weighted by molar-refractivity contribution is 5.19. The van der Waals surface area contributed by atoms with Crippen LogP contribution >= 0.6 is 0 Å². The summed E-state index contributed by atoms with van der Waals surface area (Å²) in [4.78, 5) is 0. The number of rotatable bonds is 7. The lowest BCUT2D eigenvalue weighted by Crippen LogP contribution is -2.35. The average molecular weight is 237 g/mol. The first-order valence-electron chi connectivity index (χ1n) is 6.11. The van der Waals surface area contributed by atoms with Crippen LogP contribution in [0.1, 0.15) is 31.9 Å². The zero-order chi connectivity index (χ0) is 12.7. The molecular formula is C14H23NO2. The molecule has 0 fully saturated rings. The summed E-state index contributed by atoms with van der Waals surface area (Å²) >= 11 is 0. The minimum Gasteiger partial charge on any atom is -0.393 e. The van der Waals surface area contributed by atoms with Crippen LogP contribution in [0.5, 0.6) is 0 Å². The Bertz CT molecular complexity index is 300. The third-order valence-electron chi connectivity index (χ3n) is 2.72. The van der Waals surface area contributed by atoms with Crippen LogP contribution in [0.3, 0.4) is 0 Å². The molecule has 0 bridgehead atoms. The predicted molar refractivity (Wildman–Crippen MR) is 70.0 cm³/mol. The highest BCUT2D eigenvalue weighted by atomic mass is 16.5. The standard InChI is InChI=1S/C14H23NO2/c1-11(9-12(2)16)15-14(10-17-3)13-7-5-4-6-8-13/h4-8,11-12,14-16H,9-10H2,1-3H3. The molecule has 0 saturated carbocycles. The Morgan fingerprint density at radius 2 is 1.88 bits per heavy atom. The molecule has 0 aliphatic carbocycles. The maximum Gasteiger partial charge on any atom is 0.0657 e. The van der Waals surface area contributed by atoms with E-state index in [9.17, 15) is 5.11 Å². The lowest BCUT2D eigenvalue weighted by atomic mass is 10.1. The normalized spacial score (nSPS) is 16.5. The molecule has 0 aliphatic rings. The van der Waals surface area contributed by atoms with Crippen LogP contribution in [-0.4, -0.2) is 31.0 Å². The largest absolute Gasteiger partial charge is 0.393 e. The van der Waals surface area contributed by atoms with Gasteiger partial charge in [0.15, 0.2) is 0 Å². The van der Waals surface area contributed by atoms with Gasteiger partial charge in [0.2, 0.25) is 0 Å². The van der Waals surface area contributed by atoms with Gasteiger partial charge in [0.05, 0.1) is 18.8 Å². The molecule has 0 saturated heterocycles. The second-order valence-electron chi connectivity index (χ2n) is 4.57. The molecular weight excluding hydrogens is 214 g/mol. The van der Waals surface area contributed by atoms with Crippen molar-refractivity contribution in [2.24, 2.45) is 0 Å². The van der Waals surface area contributed by atoms with Crippen molar-refractivity contribution in [2.45, 2.75) is 38.5 Å². The van der Waals surface area contributed by atoms with Crippen molar-refractivity contribution in [3.8, 4) is 0 Å². The van der Waals surface area contributed by atoms with Gasteiger partial charge in [-0.05, 0) is 25.8 Å². The fraction of sp³-hybridized carbons (Fsp3) is 0.571. The Hall–Kier alpha value is -0.900. The van der Waals surface area contributed by atoms with E-state index in [1.54, 1.807) is 7.11 Å². The van der Waals surface area contributed by atoms with Gasteiger partial charge in [-0.25, -0.2) is 0 Å². The summed E-state index contributed by atoms with van der Waals surface area (Å²) in [6, 6.07) is 10.7. The number of ether oxygens (including phenoxy) is 1. The number of hydrogen-bond acceptors (Lipinski definition) is 3. The van der Waals surface area contributed by atoms with Crippen LogP contribution in [0.4, 0.5) is 0 Å². The first-order chi connectivity index (χ1) is 8.13. The molecule has 2 N–H and O–H groups in total. The lowest BCUT2D eigenvalue weighted by Gasteiger charge is -2.24. The maximum absolute atomic E-state index is 9.36. The van der Waals surface area contributed by atoms with Gasteiger partial charge in [-0.1, -0.05) is 30.3 Å². The summed E-state index contributed by atoms with van der Waals surface area (Å²) in [6.07, 6.45) is 0.462. The number of hydrogen-bond donors (Lipinski definition) is 2. The quantitative estimate of drug-likeness (QED) is 0.763. The van der Waals surface area contributed by atoms with E-state index in [0.717, 1.165) is 6.42 Å². The summed E-state index contributed by atoms with van der Waals surface area (Å²) in [6.45, 7) is 4.53. The average Bonchev–Trinajstić information content (AvgIpc) is 2.28. The van der Waals surface area contributed by atoms with Gasteiger partial charge in [0.1, 0.15) is 0 Å². The van der Waals surface area contributed by atoms with Gasteiger partial charge >= 0.3 is 0 Å². The second-order valence-corrected chi connectivity index (χ2v) is 4.57. The molecule has 17 heavy (non-hydrogen) atoms. The number of nitrogens with one attached hydrogen (secondary N) is 1. The smallest absolute Gasteiger partial charge is 0.0657 e. The summed E-state index contributed by atoms with van der Waals surface area (Å²) < 4.78 is 5.24. The summed E-state index contributed by atoms with van der Waals surface area (Å²) in [5.41, 5.74) is 1.21. The number of benzene rings is 1. The molecule has 3 atom stereocenters. The van der Waals surface area contributed by atoms with Crippen molar-refractivity contribution in [3.63, 3.8) is 0 Å². The molecule has 0 aromatic heterocycles. The van der Waals surface area contributed by atoms with E-state index in [4.69, 9.17) is 4.74 Å². The zero-order valence-corrected chi connectivity index (χ0v) is 10.9. The maximum atomic E-state index is 9.36. The van der Waals surface area contributed by atoms with Gasteiger partial charge < -0.3 is 15.2 Å². The van der Waals surface area contributed by atoms with Gasteiger partial charge in [0, 0.05) is 13.2 Å². The van der Waals surface area contributed by atoms with Gasteiger partial charge in [-0.15, -0.1) is 0 Å². The molecule has 0 heterocycles. The van der Waals surface area contributed by atoms with Crippen molar-refractivity contribution < 1.29 is 9.84 Å². The summed E-state index contributed by atoms with van der Waals surface area (Å²) in [5.74, 6) is 0. The van der Waals surface area contributed by atoms with Crippen LogP contribution in [0.2, 0.25) is 0 Å². The highest BCUT2D eigenvalue weighted by Crippen LogP contribution is 2.14. The van der Waals surface area contributed by atoms with Gasteiger partial charge in [-0.2, -0.15) is 0 Å². The molecule has 1 aromatic carbocycles. The van der Waals surface area contributed by atoms with E-state index in [2.05, 4.69) is 24.4 Å². The molecule has 1 aromatic rings. The van der Waals surface area contributed by atoms with Crippen LogP contribution < -0.4 is 5.32 Å². The van der Waals surface area contributed by atoms with E-state index < -0.39 is 0 Å². The van der Waals surface area contributed by atoms with E-state index >= 15 is 0 Å². The summed E-state index contributed by atoms with van der Waals surface area (Å²) in [5, 5.41) is 12.8.